The van der Waals surface area contributed by atoms with Gasteiger partial charge in [0.15, 0.2) is 11.7 Å². The Labute approximate surface area is 450 Å². The number of benzene rings is 2. The Morgan fingerprint density at radius 1 is 0.806 bits per heavy atom. The van der Waals surface area contributed by atoms with Crippen LogP contribution >= 0.6 is 0 Å². The Bertz CT molecular complexity index is 1660. The van der Waals surface area contributed by atoms with E-state index in [2.05, 4.69) is 160 Å². The first-order chi connectivity index (χ1) is 34.2. The number of hydrogen-bond acceptors (Lipinski definition) is 5. The van der Waals surface area contributed by atoms with Crippen LogP contribution in [0.25, 0.3) is 0 Å². The van der Waals surface area contributed by atoms with Gasteiger partial charge in [-0.1, -0.05) is 202 Å². The van der Waals surface area contributed by atoms with Gasteiger partial charge in [-0.05, 0) is 126 Å². The molecule has 3 atom stereocenters. The third-order valence-corrected chi connectivity index (χ3v) is 11.0. The lowest BCUT2D eigenvalue weighted by Crippen LogP contribution is -2.46. The van der Waals surface area contributed by atoms with Gasteiger partial charge >= 0.3 is 0 Å². The summed E-state index contributed by atoms with van der Waals surface area (Å²) in [6.45, 7) is 66.1. The molecule has 1 N–H and O–H groups in total. The Hall–Kier alpha value is -5.02. The van der Waals surface area contributed by atoms with Crippen LogP contribution in [0, 0.1) is 24.7 Å². The van der Waals surface area contributed by atoms with Gasteiger partial charge in [0.2, 0.25) is 6.41 Å². The highest BCUT2D eigenvalue weighted by atomic mass is 16.5. The first kappa shape index (κ1) is 81.1. The maximum atomic E-state index is 11.2. The number of hydrogen-bond donors (Lipinski definition) is 1. The zero-order valence-electron chi connectivity index (χ0n) is 51.3. The van der Waals surface area contributed by atoms with E-state index in [-0.39, 0.29) is 17.4 Å². The van der Waals surface area contributed by atoms with Gasteiger partial charge in [0.05, 0.1) is 6.04 Å². The van der Waals surface area contributed by atoms with Crippen LogP contribution in [0.1, 0.15) is 206 Å². The number of ether oxygens (including phenoxy) is 1. The zero-order valence-corrected chi connectivity index (χ0v) is 51.3. The van der Waals surface area contributed by atoms with Crippen molar-refractivity contribution in [2.45, 2.75) is 220 Å². The van der Waals surface area contributed by atoms with Crippen LogP contribution in [0.2, 0.25) is 0 Å². The number of rotatable bonds is 18. The maximum absolute atomic E-state index is 11.2. The smallest absolute Gasteiger partial charge is 0.209 e. The molecule has 1 heterocycles. The quantitative estimate of drug-likeness (QED) is 0.0530. The number of likely N-dealkylation sites (tertiary alicyclic amines) is 1. The van der Waals surface area contributed by atoms with Crippen molar-refractivity contribution < 1.29 is 14.3 Å². The fourth-order valence-electron chi connectivity index (χ4n) is 6.59. The predicted molar refractivity (Wildman–Crippen MR) is 328 cm³/mol. The summed E-state index contributed by atoms with van der Waals surface area (Å²) in [5, 5.41) is 3.63. The first-order valence-electron chi connectivity index (χ1n) is 27.5. The fraction of sp³-hybridized carbons (Fsp3) is 0.576. The van der Waals surface area contributed by atoms with E-state index in [0.717, 1.165) is 69.2 Å². The summed E-state index contributed by atoms with van der Waals surface area (Å²) < 4.78 is 6.16. The third-order valence-electron chi connectivity index (χ3n) is 11.0. The highest BCUT2D eigenvalue weighted by Crippen LogP contribution is 2.35. The van der Waals surface area contributed by atoms with Crippen molar-refractivity contribution in [3.63, 3.8) is 0 Å². The standard InChI is InChI=1S/C26H38N2O.C11H18O.C9H12.C5H10.C3H7NO.5C2H6.C2H2/c1-8-26(6,7)29-20(5)27-25(19(4)28-15-11-14-24(28)18(2)3)23-16-21-12-9-10-13-22(21)17-23;1-5-7-8-9(3)10(4)11(12)6-2;1-8(2)9-6-4-3-5-7-9;1-4-5(2)3;1-4(2)3-5;6*1-2/h9-10,12-13,23-25,27H,2,4-5,8,11,14-17H2,1,3,6-7H3;5,9H,1,4,6-8H2,2-3H3;3-8H,1-2H3;2,4H2,1,3H3;3H,1-2H3;5*1-2H3;1-2H. The molecular formula is C66H117N3O3. The summed E-state index contributed by atoms with van der Waals surface area (Å²) in [5.41, 5.74) is 8.47. The van der Waals surface area contributed by atoms with Crippen molar-refractivity contribution in [1.29, 1.82) is 0 Å². The molecule has 6 nitrogen and oxygen atoms in total. The number of ketones is 1. The highest BCUT2D eigenvalue weighted by Gasteiger charge is 2.36. The molecule has 2 aromatic rings. The van der Waals surface area contributed by atoms with Gasteiger partial charge in [0, 0.05) is 38.8 Å². The summed E-state index contributed by atoms with van der Waals surface area (Å²) in [6, 6.07) is 19.8. The van der Waals surface area contributed by atoms with Gasteiger partial charge in [0.25, 0.3) is 0 Å². The van der Waals surface area contributed by atoms with E-state index in [9.17, 15) is 9.59 Å². The molecule has 6 heteroatoms. The predicted octanol–water partition coefficient (Wildman–Crippen LogP) is 18.6. The molecule has 0 saturated carbocycles. The molecule has 1 aliphatic carbocycles. The Morgan fingerprint density at radius 3 is 1.57 bits per heavy atom. The molecular weight excluding hydrogens is 883 g/mol. The van der Waals surface area contributed by atoms with Crippen LogP contribution < -0.4 is 5.32 Å². The van der Waals surface area contributed by atoms with Gasteiger partial charge in [-0.2, -0.15) is 0 Å². The maximum Gasteiger partial charge on any atom is 0.209 e. The Kier molecular flexibility index (Phi) is 60.5. The van der Waals surface area contributed by atoms with Crippen molar-refractivity contribution in [2.75, 3.05) is 20.6 Å². The lowest BCUT2D eigenvalue weighted by atomic mass is 9.93. The minimum Gasteiger partial charge on any atom is -0.474 e. The number of fused-ring (bicyclic) bond motifs is 1. The van der Waals surface area contributed by atoms with Crippen molar-refractivity contribution in [3.8, 4) is 12.8 Å². The van der Waals surface area contributed by atoms with Gasteiger partial charge in [0.1, 0.15) is 5.60 Å². The summed E-state index contributed by atoms with van der Waals surface area (Å²) in [7, 11) is 3.38. The van der Waals surface area contributed by atoms with Crippen LogP contribution in [0.3, 0.4) is 0 Å². The van der Waals surface area contributed by atoms with Crippen molar-refractivity contribution in [1.82, 2.24) is 15.1 Å². The fourth-order valence-corrected chi connectivity index (χ4v) is 6.59. The third kappa shape index (κ3) is 39.6. The van der Waals surface area contributed by atoms with E-state index in [0.29, 0.717) is 36.1 Å². The number of amides is 1. The van der Waals surface area contributed by atoms with Gasteiger partial charge in [-0.3, -0.25) is 9.59 Å². The van der Waals surface area contributed by atoms with Gasteiger partial charge in [-0.25, -0.2) is 0 Å². The molecule has 414 valence electrons. The molecule has 4 rings (SSSR count). The molecule has 1 saturated heterocycles. The van der Waals surface area contributed by atoms with Gasteiger partial charge < -0.3 is 19.9 Å². The number of Topliss-reactive ketones (excluding diaryl/α,β-unsaturated/α-hetero) is 1. The highest BCUT2D eigenvalue weighted by molar-refractivity contribution is 5.94. The van der Waals surface area contributed by atoms with Crippen molar-refractivity contribution in [2.24, 2.45) is 11.8 Å². The molecule has 0 radical (unpaired) electrons. The van der Waals surface area contributed by atoms with Crippen LogP contribution in [-0.4, -0.2) is 60.3 Å². The number of allylic oxidation sites excluding steroid dienone is 3. The summed E-state index contributed by atoms with van der Waals surface area (Å²) >= 11 is 0. The molecule has 0 spiro atoms. The largest absolute Gasteiger partial charge is 0.474 e. The van der Waals surface area contributed by atoms with E-state index < -0.39 is 0 Å². The van der Waals surface area contributed by atoms with Crippen molar-refractivity contribution in [3.05, 3.63) is 145 Å². The molecule has 0 aromatic heterocycles. The monoisotopic (exact) mass is 1000 g/mol. The van der Waals surface area contributed by atoms with Crippen LogP contribution in [0.15, 0.2) is 128 Å². The minimum atomic E-state index is -0.234. The van der Waals surface area contributed by atoms with Crippen LogP contribution in [0.5, 0.6) is 0 Å². The second kappa shape index (κ2) is 53.8. The SMILES string of the molecule is C#C.C=C(C)CC.C=C(NC(C(=C)N1CCCC1C(=C)C)C1Cc2ccccc2C1)OC(C)(C)CC.C=CCCC(C)C(=C)C(=O)CC.CC.CC.CC.CC.CC.CC(C)c1ccccc1.CN(C)C=O. The van der Waals surface area contributed by atoms with Crippen LogP contribution in [0.4, 0.5) is 0 Å². The zero-order chi connectivity index (χ0) is 58.0. The molecule has 2 aromatic carbocycles. The molecule has 72 heavy (non-hydrogen) atoms. The summed E-state index contributed by atoms with van der Waals surface area (Å²) in [4.78, 5) is 24.5. The molecule has 1 amide bonds. The molecule has 3 unspecified atom stereocenters. The second-order valence-electron chi connectivity index (χ2n) is 17.4. The number of nitrogens with one attached hydrogen (secondary N) is 1. The second-order valence-corrected chi connectivity index (χ2v) is 17.4. The van der Waals surface area contributed by atoms with Crippen molar-refractivity contribution >= 4 is 12.2 Å². The Morgan fingerprint density at radius 2 is 1.24 bits per heavy atom. The van der Waals surface area contributed by atoms with Crippen LogP contribution in [-0.2, 0) is 27.2 Å². The Balaban J connectivity index is -0.000000163. The normalized spacial score (nSPS) is 12.9. The van der Waals surface area contributed by atoms with Gasteiger partial charge in [-0.15, -0.1) is 26.0 Å². The molecule has 0 bridgehead atoms. The van der Waals surface area contributed by atoms with E-state index in [1.54, 1.807) is 14.1 Å². The summed E-state index contributed by atoms with van der Waals surface area (Å²) in [6.07, 6.45) is 19.6. The number of carbonyl (C=O) groups excluding carboxylic acids is 2. The van der Waals surface area contributed by atoms with E-state index in [1.807, 2.05) is 102 Å². The summed E-state index contributed by atoms with van der Waals surface area (Å²) in [5.74, 6) is 2.23. The van der Waals surface area contributed by atoms with E-state index >= 15 is 0 Å². The lowest BCUT2D eigenvalue weighted by Gasteiger charge is -2.38. The average molecular weight is 1000 g/mol. The minimum absolute atomic E-state index is 0.0995. The first-order valence-corrected chi connectivity index (χ1v) is 27.5. The number of terminal acetylenes is 1. The van der Waals surface area contributed by atoms with E-state index in [1.165, 1.54) is 39.2 Å². The molecule has 1 aliphatic heterocycles. The molecule has 1 fully saturated rings. The molecule has 2 aliphatic rings. The topological polar surface area (TPSA) is 61.9 Å². The number of carbonyl (C=O) groups is 2. The van der Waals surface area contributed by atoms with E-state index in [4.69, 9.17) is 4.74 Å². The number of nitrogens with zero attached hydrogens (tertiary/aromatic N) is 2. The lowest BCUT2D eigenvalue weighted by molar-refractivity contribution is -0.116. The average Bonchev–Trinajstić information content (AvgIpc) is 4.10.